The number of aromatic nitrogens is 5. The minimum atomic E-state index is -0.297. The maximum Gasteiger partial charge on any atom is 0.264 e. The molecular weight excluding hydrogens is 376 g/mol. The van der Waals surface area contributed by atoms with Crippen LogP contribution in [0.4, 0.5) is 0 Å². The normalized spacial score (nSPS) is 12.2. The van der Waals surface area contributed by atoms with Crippen molar-refractivity contribution in [3.8, 4) is 5.82 Å². The molecule has 3 heterocycles. The summed E-state index contributed by atoms with van der Waals surface area (Å²) in [5, 5.41) is 11.5. The van der Waals surface area contributed by atoms with Crippen LogP contribution in [0, 0.1) is 6.92 Å². The Morgan fingerprint density at radius 3 is 2.75 bits per heavy atom. The fourth-order valence-electron chi connectivity index (χ4n) is 2.91. The van der Waals surface area contributed by atoms with E-state index in [1.807, 2.05) is 31.2 Å². The second-order valence-electron chi connectivity index (χ2n) is 6.45. The van der Waals surface area contributed by atoms with Gasteiger partial charge in [-0.2, -0.15) is 10.2 Å². The average Bonchev–Trinajstić information content (AvgIpc) is 3.30. The number of benzene rings is 1. The van der Waals surface area contributed by atoms with Crippen molar-refractivity contribution in [3.63, 3.8) is 0 Å². The molecule has 0 aliphatic rings. The number of carbonyl (C=O) groups excluding carboxylic acids is 1. The number of H-pyrrole nitrogens is 1. The minimum absolute atomic E-state index is 0.153. The fraction of sp³-hybridized carbons (Fsp3) is 0.211. The molecule has 0 saturated carbocycles. The second kappa shape index (κ2) is 7.01. The van der Waals surface area contributed by atoms with Gasteiger partial charge < -0.3 is 4.90 Å². The molecule has 8 nitrogen and oxygen atoms in total. The van der Waals surface area contributed by atoms with E-state index < -0.39 is 0 Å². The van der Waals surface area contributed by atoms with Gasteiger partial charge in [0.25, 0.3) is 11.5 Å². The van der Waals surface area contributed by atoms with E-state index in [2.05, 4.69) is 20.3 Å². The summed E-state index contributed by atoms with van der Waals surface area (Å²) in [5.41, 5.74) is 1.76. The molecule has 1 atom stereocenters. The van der Waals surface area contributed by atoms with Crippen molar-refractivity contribution in [2.45, 2.75) is 19.9 Å². The SMILES string of the molecule is Cc1c(C(=O)N(C)C(C)c2nc3ccccc3s2)cnn1-c1ccc(=O)[nH]n1. The number of fused-ring (bicyclic) bond motifs is 1. The molecule has 0 fully saturated rings. The quantitative estimate of drug-likeness (QED) is 0.574. The zero-order valence-electron chi connectivity index (χ0n) is 15.6. The van der Waals surface area contributed by atoms with Crippen molar-refractivity contribution in [1.29, 1.82) is 0 Å². The number of amides is 1. The number of nitrogens with one attached hydrogen (secondary N) is 1. The summed E-state index contributed by atoms with van der Waals surface area (Å²) >= 11 is 1.58. The van der Waals surface area contributed by atoms with Crippen LogP contribution in [0.25, 0.3) is 16.0 Å². The first-order chi connectivity index (χ1) is 13.5. The Balaban J connectivity index is 1.61. The lowest BCUT2D eigenvalue weighted by Crippen LogP contribution is -2.30. The first-order valence-corrected chi connectivity index (χ1v) is 9.50. The van der Waals surface area contributed by atoms with Gasteiger partial charge in [-0.15, -0.1) is 11.3 Å². The first kappa shape index (κ1) is 18.1. The van der Waals surface area contributed by atoms with E-state index in [-0.39, 0.29) is 17.5 Å². The van der Waals surface area contributed by atoms with Gasteiger partial charge in [0.1, 0.15) is 5.01 Å². The molecule has 0 aliphatic carbocycles. The van der Waals surface area contributed by atoms with Gasteiger partial charge in [-0.25, -0.2) is 14.8 Å². The van der Waals surface area contributed by atoms with Gasteiger partial charge in [0.15, 0.2) is 5.82 Å². The van der Waals surface area contributed by atoms with E-state index >= 15 is 0 Å². The average molecular weight is 394 g/mol. The molecule has 1 N–H and O–H groups in total. The Labute approximate surface area is 164 Å². The maximum atomic E-state index is 13.1. The number of para-hydroxylation sites is 1. The molecule has 0 radical (unpaired) electrons. The minimum Gasteiger partial charge on any atom is -0.332 e. The molecule has 28 heavy (non-hydrogen) atoms. The molecule has 1 aromatic carbocycles. The van der Waals surface area contributed by atoms with E-state index in [0.29, 0.717) is 17.1 Å². The van der Waals surface area contributed by atoms with Gasteiger partial charge in [0, 0.05) is 13.1 Å². The van der Waals surface area contributed by atoms with Crippen molar-refractivity contribution in [1.82, 2.24) is 29.9 Å². The summed E-state index contributed by atoms with van der Waals surface area (Å²) in [4.78, 5) is 30.6. The van der Waals surface area contributed by atoms with Crippen LogP contribution in [-0.2, 0) is 0 Å². The number of thiazole rings is 1. The topological polar surface area (TPSA) is 96.8 Å². The maximum absolute atomic E-state index is 13.1. The van der Waals surface area contributed by atoms with E-state index in [4.69, 9.17) is 0 Å². The molecule has 1 unspecified atom stereocenters. The monoisotopic (exact) mass is 394 g/mol. The third-order valence-corrected chi connectivity index (χ3v) is 5.90. The number of rotatable bonds is 4. The predicted molar refractivity (Wildman–Crippen MR) is 107 cm³/mol. The van der Waals surface area contributed by atoms with Crippen LogP contribution in [0.15, 0.2) is 47.4 Å². The summed E-state index contributed by atoms with van der Waals surface area (Å²) < 4.78 is 2.62. The van der Waals surface area contributed by atoms with Crippen LogP contribution in [-0.4, -0.2) is 42.8 Å². The van der Waals surface area contributed by atoms with E-state index in [1.165, 1.54) is 16.9 Å². The standard InChI is InChI=1S/C19H18N6O2S/c1-11-13(10-20-25(11)16-8-9-17(26)23-22-16)19(27)24(3)12(2)18-21-14-6-4-5-7-15(14)28-18/h4-10,12H,1-3H3,(H,23,26). The Hall–Kier alpha value is -3.33. The third-order valence-electron chi connectivity index (χ3n) is 4.69. The molecular formula is C19H18N6O2S. The van der Waals surface area contributed by atoms with Gasteiger partial charge in [0.2, 0.25) is 0 Å². The van der Waals surface area contributed by atoms with Gasteiger partial charge in [0.05, 0.1) is 33.7 Å². The van der Waals surface area contributed by atoms with Gasteiger partial charge >= 0.3 is 0 Å². The number of nitrogens with zero attached hydrogens (tertiary/aromatic N) is 5. The highest BCUT2D eigenvalue weighted by Gasteiger charge is 2.25. The third kappa shape index (κ3) is 3.09. The summed E-state index contributed by atoms with van der Waals surface area (Å²) in [6.07, 6.45) is 1.52. The molecule has 142 valence electrons. The Kier molecular flexibility index (Phi) is 4.52. The predicted octanol–water partition coefficient (Wildman–Crippen LogP) is 2.71. The largest absolute Gasteiger partial charge is 0.332 e. The Morgan fingerprint density at radius 2 is 2.04 bits per heavy atom. The van der Waals surface area contributed by atoms with Gasteiger partial charge in [-0.05, 0) is 32.0 Å². The van der Waals surface area contributed by atoms with Crippen LogP contribution in [0.1, 0.15) is 34.0 Å². The molecule has 4 aromatic rings. The zero-order chi connectivity index (χ0) is 19.8. The van der Waals surface area contributed by atoms with Gasteiger partial charge in [-0.3, -0.25) is 9.59 Å². The molecule has 0 bridgehead atoms. The summed E-state index contributed by atoms with van der Waals surface area (Å²) in [6, 6.07) is 10.7. The molecule has 4 rings (SSSR count). The van der Waals surface area contributed by atoms with Crippen molar-refractivity contribution < 1.29 is 4.79 Å². The summed E-state index contributed by atoms with van der Waals surface area (Å²) in [5.74, 6) is 0.290. The fourth-order valence-corrected chi connectivity index (χ4v) is 3.97. The lowest BCUT2D eigenvalue weighted by molar-refractivity contribution is 0.0742. The van der Waals surface area contributed by atoms with Crippen molar-refractivity contribution >= 4 is 27.5 Å². The van der Waals surface area contributed by atoms with Crippen molar-refractivity contribution in [3.05, 3.63) is 69.2 Å². The van der Waals surface area contributed by atoms with Crippen LogP contribution < -0.4 is 5.56 Å². The van der Waals surface area contributed by atoms with Crippen molar-refractivity contribution in [2.24, 2.45) is 0 Å². The lowest BCUT2D eigenvalue weighted by atomic mass is 10.2. The highest BCUT2D eigenvalue weighted by Crippen LogP contribution is 2.29. The molecule has 3 aromatic heterocycles. The number of hydrogen-bond acceptors (Lipinski definition) is 6. The second-order valence-corrected chi connectivity index (χ2v) is 7.51. The van der Waals surface area contributed by atoms with Gasteiger partial charge in [-0.1, -0.05) is 12.1 Å². The number of aromatic amines is 1. The number of hydrogen-bond donors (Lipinski definition) is 1. The lowest BCUT2D eigenvalue weighted by Gasteiger charge is -2.23. The number of carbonyl (C=O) groups is 1. The Morgan fingerprint density at radius 1 is 1.25 bits per heavy atom. The highest BCUT2D eigenvalue weighted by molar-refractivity contribution is 7.18. The van der Waals surface area contributed by atoms with Crippen LogP contribution in [0.5, 0.6) is 0 Å². The summed E-state index contributed by atoms with van der Waals surface area (Å²) in [7, 11) is 1.76. The van der Waals surface area contributed by atoms with E-state index in [0.717, 1.165) is 15.2 Å². The Bertz CT molecular complexity index is 1170. The highest BCUT2D eigenvalue weighted by atomic mass is 32.1. The van der Waals surface area contributed by atoms with Crippen LogP contribution in [0.3, 0.4) is 0 Å². The molecule has 1 amide bonds. The molecule has 0 spiro atoms. The van der Waals surface area contributed by atoms with Crippen LogP contribution in [0.2, 0.25) is 0 Å². The molecule has 0 aliphatic heterocycles. The van der Waals surface area contributed by atoms with Crippen LogP contribution >= 0.6 is 11.3 Å². The zero-order valence-corrected chi connectivity index (χ0v) is 16.4. The van der Waals surface area contributed by atoms with E-state index in [1.54, 1.807) is 36.3 Å². The smallest absolute Gasteiger partial charge is 0.264 e. The molecule has 0 saturated heterocycles. The molecule has 9 heteroatoms. The first-order valence-electron chi connectivity index (χ1n) is 8.69. The summed E-state index contributed by atoms with van der Waals surface area (Å²) in [6.45, 7) is 3.75. The van der Waals surface area contributed by atoms with Crippen molar-refractivity contribution in [2.75, 3.05) is 7.05 Å². The van der Waals surface area contributed by atoms with E-state index in [9.17, 15) is 9.59 Å².